The van der Waals surface area contributed by atoms with Gasteiger partial charge in [-0.2, -0.15) is 0 Å². The Balaban J connectivity index is 1.32. The molecule has 1 aromatic carbocycles. The van der Waals surface area contributed by atoms with E-state index in [1.807, 2.05) is 0 Å². The molecule has 152 valence electrons. The number of benzene rings is 1. The van der Waals surface area contributed by atoms with Gasteiger partial charge >= 0.3 is 0 Å². The van der Waals surface area contributed by atoms with E-state index in [9.17, 15) is 4.39 Å². The minimum absolute atomic E-state index is 0.104. The summed E-state index contributed by atoms with van der Waals surface area (Å²) in [6.45, 7) is 4.99. The van der Waals surface area contributed by atoms with E-state index in [-0.39, 0.29) is 11.3 Å². The van der Waals surface area contributed by atoms with Gasteiger partial charge in [-0.25, -0.2) is 4.39 Å². The summed E-state index contributed by atoms with van der Waals surface area (Å²) in [5.74, 6) is 0.380. The molecule has 0 aromatic heterocycles. The SMILES string of the molecule is CCCCC[C@H]1CO[C@H](CC[C@H]2CO[C@H](c3ccc(Cl)c(F)c3)OC2)OC1. The Morgan fingerprint density at radius 2 is 1.59 bits per heavy atom. The van der Waals surface area contributed by atoms with Crippen LogP contribution in [0, 0.1) is 17.7 Å². The lowest BCUT2D eigenvalue weighted by atomic mass is 10.0. The summed E-state index contributed by atoms with van der Waals surface area (Å²) in [4.78, 5) is 0. The largest absolute Gasteiger partial charge is 0.352 e. The van der Waals surface area contributed by atoms with E-state index in [4.69, 9.17) is 30.5 Å². The first-order chi connectivity index (χ1) is 13.2. The van der Waals surface area contributed by atoms with Crippen LogP contribution in [0.2, 0.25) is 5.02 Å². The van der Waals surface area contributed by atoms with Crippen LogP contribution >= 0.6 is 11.6 Å². The van der Waals surface area contributed by atoms with Gasteiger partial charge in [0.15, 0.2) is 12.6 Å². The molecule has 3 rings (SSSR count). The first kappa shape index (κ1) is 21.0. The second kappa shape index (κ2) is 10.7. The van der Waals surface area contributed by atoms with Gasteiger partial charge in [0.25, 0.3) is 0 Å². The highest BCUT2D eigenvalue weighted by molar-refractivity contribution is 6.30. The molecule has 4 nitrogen and oxygen atoms in total. The molecule has 0 radical (unpaired) electrons. The molecule has 0 unspecified atom stereocenters. The van der Waals surface area contributed by atoms with Gasteiger partial charge in [0.2, 0.25) is 0 Å². The van der Waals surface area contributed by atoms with E-state index < -0.39 is 12.1 Å². The minimum Gasteiger partial charge on any atom is -0.352 e. The van der Waals surface area contributed by atoms with Gasteiger partial charge < -0.3 is 18.9 Å². The monoisotopic (exact) mass is 400 g/mol. The zero-order chi connectivity index (χ0) is 19.1. The Morgan fingerprint density at radius 3 is 2.26 bits per heavy atom. The molecule has 0 saturated carbocycles. The normalized spacial score (nSPS) is 29.0. The van der Waals surface area contributed by atoms with Crippen molar-refractivity contribution >= 4 is 11.6 Å². The number of unbranched alkanes of at least 4 members (excludes halogenated alkanes) is 2. The maximum Gasteiger partial charge on any atom is 0.183 e. The molecule has 0 spiro atoms. The fourth-order valence-corrected chi connectivity index (χ4v) is 3.65. The molecule has 2 aliphatic rings. The van der Waals surface area contributed by atoms with Crippen LogP contribution in [-0.4, -0.2) is 32.7 Å². The average molecular weight is 401 g/mol. The van der Waals surface area contributed by atoms with E-state index >= 15 is 0 Å². The topological polar surface area (TPSA) is 36.9 Å². The van der Waals surface area contributed by atoms with Crippen molar-refractivity contribution in [2.24, 2.45) is 11.8 Å². The number of ether oxygens (including phenoxy) is 4. The molecule has 0 bridgehead atoms. The predicted molar refractivity (Wildman–Crippen MR) is 102 cm³/mol. The quantitative estimate of drug-likeness (QED) is 0.540. The molecular weight excluding hydrogens is 371 g/mol. The Hall–Kier alpha value is -0.720. The lowest BCUT2D eigenvalue weighted by molar-refractivity contribution is -0.220. The number of hydrogen-bond acceptors (Lipinski definition) is 4. The Morgan fingerprint density at radius 1 is 0.926 bits per heavy atom. The number of hydrogen-bond donors (Lipinski definition) is 0. The van der Waals surface area contributed by atoms with Gasteiger partial charge in [0, 0.05) is 17.4 Å². The van der Waals surface area contributed by atoms with Crippen molar-refractivity contribution < 1.29 is 23.3 Å². The third kappa shape index (κ3) is 6.40. The molecule has 0 N–H and O–H groups in total. The van der Waals surface area contributed by atoms with Gasteiger partial charge in [0.05, 0.1) is 31.5 Å². The van der Waals surface area contributed by atoms with Crippen LogP contribution in [0.15, 0.2) is 18.2 Å². The predicted octanol–water partition coefficient (Wildman–Crippen LogP) is 5.49. The second-order valence-corrected chi connectivity index (χ2v) is 7.98. The van der Waals surface area contributed by atoms with Gasteiger partial charge in [0.1, 0.15) is 5.82 Å². The van der Waals surface area contributed by atoms with E-state index in [0.29, 0.717) is 30.6 Å². The summed E-state index contributed by atoms with van der Waals surface area (Å²) >= 11 is 5.72. The molecule has 27 heavy (non-hydrogen) atoms. The highest BCUT2D eigenvalue weighted by Gasteiger charge is 2.27. The standard InChI is InChI=1S/C21H30ClFO4/c1-2-3-4-5-15-11-24-20(25-12-15)9-6-16-13-26-21(27-14-16)17-7-8-18(22)19(23)10-17/h7-8,10,15-16,20-21H,2-6,9,11-14H2,1H3/t15-,16-,20-,21-. The van der Waals surface area contributed by atoms with Crippen molar-refractivity contribution in [3.8, 4) is 0 Å². The third-order valence-corrected chi connectivity index (χ3v) is 5.55. The number of halogens is 2. The molecular formula is C21H30ClFO4. The van der Waals surface area contributed by atoms with Crippen molar-refractivity contribution in [1.29, 1.82) is 0 Å². The molecule has 2 heterocycles. The van der Waals surface area contributed by atoms with Crippen LogP contribution < -0.4 is 0 Å². The highest BCUT2D eigenvalue weighted by Crippen LogP contribution is 2.30. The Kier molecular flexibility index (Phi) is 8.34. The maximum atomic E-state index is 13.6. The molecule has 2 fully saturated rings. The van der Waals surface area contributed by atoms with Gasteiger partial charge in [-0.3, -0.25) is 0 Å². The first-order valence-electron chi connectivity index (χ1n) is 10.1. The van der Waals surface area contributed by atoms with Crippen LogP contribution in [-0.2, 0) is 18.9 Å². The summed E-state index contributed by atoms with van der Waals surface area (Å²) in [5, 5.41) is 0.104. The van der Waals surface area contributed by atoms with Crippen LogP contribution in [0.3, 0.4) is 0 Å². The molecule has 0 atom stereocenters. The van der Waals surface area contributed by atoms with E-state index in [0.717, 1.165) is 26.1 Å². The van der Waals surface area contributed by atoms with Gasteiger partial charge in [-0.05, 0) is 31.4 Å². The van der Waals surface area contributed by atoms with Crippen molar-refractivity contribution in [3.05, 3.63) is 34.6 Å². The zero-order valence-electron chi connectivity index (χ0n) is 16.0. The first-order valence-corrected chi connectivity index (χ1v) is 10.4. The maximum absolute atomic E-state index is 13.6. The Bertz CT molecular complexity index is 569. The average Bonchev–Trinajstić information content (AvgIpc) is 2.70. The van der Waals surface area contributed by atoms with E-state index in [1.165, 1.54) is 37.8 Å². The highest BCUT2D eigenvalue weighted by atomic mass is 35.5. The molecule has 0 aliphatic carbocycles. The van der Waals surface area contributed by atoms with Gasteiger partial charge in [-0.1, -0.05) is 43.9 Å². The van der Waals surface area contributed by atoms with Crippen LogP contribution in [0.1, 0.15) is 57.3 Å². The summed E-state index contributed by atoms with van der Waals surface area (Å²) in [6.07, 6.45) is 6.11. The summed E-state index contributed by atoms with van der Waals surface area (Å²) < 4.78 is 36.9. The molecule has 6 heteroatoms. The molecule has 0 amide bonds. The third-order valence-electron chi connectivity index (χ3n) is 5.24. The molecule has 2 saturated heterocycles. The van der Waals surface area contributed by atoms with Crippen LogP contribution in [0.25, 0.3) is 0 Å². The van der Waals surface area contributed by atoms with Crippen LogP contribution in [0.5, 0.6) is 0 Å². The zero-order valence-corrected chi connectivity index (χ0v) is 16.8. The summed E-state index contributed by atoms with van der Waals surface area (Å²) in [7, 11) is 0. The van der Waals surface area contributed by atoms with Crippen molar-refractivity contribution in [2.75, 3.05) is 26.4 Å². The van der Waals surface area contributed by atoms with Gasteiger partial charge in [-0.15, -0.1) is 0 Å². The second-order valence-electron chi connectivity index (χ2n) is 7.57. The summed E-state index contributed by atoms with van der Waals surface area (Å²) in [6, 6.07) is 4.63. The number of rotatable bonds is 8. The smallest absolute Gasteiger partial charge is 0.183 e. The Labute approximate surface area is 166 Å². The lowest BCUT2D eigenvalue weighted by Gasteiger charge is -2.32. The molecule has 2 aliphatic heterocycles. The van der Waals surface area contributed by atoms with E-state index in [1.54, 1.807) is 6.07 Å². The minimum atomic E-state index is -0.529. The fraction of sp³-hybridized carbons (Fsp3) is 0.714. The van der Waals surface area contributed by atoms with Crippen molar-refractivity contribution in [3.63, 3.8) is 0 Å². The van der Waals surface area contributed by atoms with Crippen molar-refractivity contribution in [1.82, 2.24) is 0 Å². The van der Waals surface area contributed by atoms with Crippen LogP contribution in [0.4, 0.5) is 4.39 Å². The van der Waals surface area contributed by atoms with Crippen molar-refractivity contribution in [2.45, 2.75) is 58.0 Å². The lowest BCUT2D eigenvalue weighted by Crippen LogP contribution is -2.33. The summed E-state index contributed by atoms with van der Waals surface area (Å²) in [5.41, 5.74) is 0.656. The van der Waals surface area contributed by atoms with E-state index in [2.05, 4.69) is 6.92 Å². The molecule has 1 aromatic rings. The fourth-order valence-electron chi connectivity index (χ4n) is 3.53.